The van der Waals surface area contributed by atoms with Crippen LogP contribution in [-0.2, 0) is 0 Å². The fourth-order valence-corrected chi connectivity index (χ4v) is 7.74. The second-order valence-electron chi connectivity index (χ2n) is 13.6. The van der Waals surface area contributed by atoms with Crippen molar-refractivity contribution in [1.82, 2.24) is 4.98 Å². The van der Waals surface area contributed by atoms with Crippen molar-refractivity contribution in [3.05, 3.63) is 182 Å². The molecule has 0 saturated carbocycles. The molecule has 3 aromatic heterocycles. The second-order valence-corrected chi connectivity index (χ2v) is 13.6. The average Bonchev–Trinajstić information content (AvgIpc) is 3.94. The Bertz CT molecular complexity index is 3160. The maximum Gasteiger partial charge on any atom is 0.227 e. The first-order valence-electron chi connectivity index (χ1n) is 18.0. The van der Waals surface area contributed by atoms with Crippen molar-refractivity contribution < 1.29 is 13.3 Å². The van der Waals surface area contributed by atoms with Crippen LogP contribution in [0.5, 0.6) is 0 Å². The lowest BCUT2D eigenvalue weighted by Crippen LogP contribution is -2.10. The van der Waals surface area contributed by atoms with Gasteiger partial charge in [0.15, 0.2) is 5.58 Å². The van der Waals surface area contributed by atoms with Crippen molar-refractivity contribution in [2.24, 2.45) is 0 Å². The van der Waals surface area contributed by atoms with Gasteiger partial charge in [0.2, 0.25) is 5.89 Å². The van der Waals surface area contributed by atoms with Crippen molar-refractivity contribution in [3.63, 3.8) is 0 Å². The first-order valence-corrected chi connectivity index (χ1v) is 18.0. The Morgan fingerprint density at radius 1 is 0.352 bits per heavy atom. The molecule has 0 aliphatic heterocycles. The second kappa shape index (κ2) is 12.1. The van der Waals surface area contributed by atoms with Crippen LogP contribution < -0.4 is 4.90 Å². The third kappa shape index (κ3) is 4.98. The standard InChI is InChI=1S/C49H30N2O3/c1-3-11-31(12-4-1)34-15-9-16-36(27-34)51(37-25-26-40-39-17-7-8-19-43(39)52-45(40)28-37)35-23-21-32(22-24-35)38-18-10-20-44-48(38)41-29-47-42(30-46(41)53-44)50-49(54-47)33-13-5-2-6-14-33/h1-30H. The molecule has 0 aliphatic rings. The van der Waals surface area contributed by atoms with E-state index in [1.54, 1.807) is 0 Å². The highest BCUT2D eigenvalue weighted by molar-refractivity contribution is 6.15. The fraction of sp³-hybridized carbons (Fsp3) is 0. The molecule has 3 heterocycles. The molecule has 0 atom stereocenters. The predicted molar refractivity (Wildman–Crippen MR) is 220 cm³/mol. The van der Waals surface area contributed by atoms with E-state index in [2.05, 4.69) is 120 Å². The van der Waals surface area contributed by atoms with Gasteiger partial charge in [0.25, 0.3) is 0 Å². The van der Waals surface area contributed by atoms with Gasteiger partial charge in [0.1, 0.15) is 27.8 Å². The molecule has 0 N–H and O–H groups in total. The number of oxazole rings is 1. The first-order chi connectivity index (χ1) is 26.7. The largest absolute Gasteiger partial charge is 0.456 e. The Labute approximate surface area is 309 Å². The highest BCUT2D eigenvalue weighted by atomic mass is 16.4. The molecule has 54 heavy (non-hydrogen) atoms. The minimum Gasteiger partial charge on any atom is -0.456 e. The van der Waals surface area contributed by atoms with Gasteiger partial charge < -0.3 is 18.2 Å². The molecular formula is C49H30N2O3. The van der Waals surface area contributed by atoms with E-state index < -0.39 is 0 Å². The number of para-hydroxylation sites is 1. The van der Waals surface area contributed by atoms with Crippen LogP contribution in [0.3, 0.4) is 0 Å². The number of aromatic nitrogens is 1. The van der Waals surface area contributed by atoms with Crippen molar-refractivity contribution in [2.75, 3.05) is 4.90 Å². The van der Waals surface area contributed by atoms with Crippen LogP contribution in [0.4, 0.5) is 17.1 Å². The number of hydrogen-bond acceptors (Lipinski definition) is 5. The lowest BCUT2D eigenvalue weighted by atomic mass is 9.98. The summed E-state index contributed by atoms with van der Waals surface area (Å²) in [6.07, 6.45) is 0. The molecule has 5 heteroatoms. The van der Waals surface area contributed by atoms with Crippen LogP contribution in [0.25, 0.3) is 88.7 Å². The van der Waals surface area contributed by atoms with Crippen molar-refractivity contribution >= 4 is 72.0 Å². The molecule has 0 bridgehead atoms. The maximum absolute atomic E-state index is 6.42. The molecule has 0 fully saturated rings. The van der Waals surface area contributed by atoms with Gasteiger partial charge in [0.05, 0.1) is 0 Å². The van der Waals surface area contributed by atoms with Gasteiger partial charge in [-0.3, -0.25) is 0 Å². The zero-order valence-electron chi connectivity index (χ0n) is 28.9. The number of hydrogen-bond donors (Lipinski definition) is 0. The number of anilines is 3. The third-order valence-electron chi connectivity index (χ3n) is 10.3. The lowest BCUT2D eigenvalue weighted by Gasteiger charge is -2.26. The van der Waals surface area contributed by atoms with Crippen molar-refractivity contribution in [2.45, 2.75) is 0 Å². The summed E-state index contributed by atoms with van der Waals surface area (Å²) in [7, 11) is 0. The molecule has 8 aromatic carbocycles. The number of furan rings is 2. The van der Waals surface area contributed by atoms with E-state index in [0.717, 1.165) is 94.3 Å². The zero-order valence-corrected chi connectivity index (χ0v) is 28.9. The van der Waals surface area contributed by atoms with E-state index in [-0.39, 0.29) is 0 Å². The van der Waals surface area contributed by atoms with Gasteiger partial charge in [-0.25, -0.2) is 4.98 Å². The Balaban J connectivity index is 1.03. The summed E-state index contributed by atoms with van der Waals surface area (Å²) in [5.41, 5.74) is 13.3. The summed E-state index contributed by atoms with van der Waals surface area (Å²) >= 11 is 0. The summed E-state index contributed by atoms with van der Waals surface area (Å²) in [6.45, 7) is 0. The number of benzene rings is 8. The predicted octanol–water partition coefficient (Wildman–Crippen LogP) is 14.1. The van der Waals surface area contributed by atoms with Gasteiger partial charge in [-0.05, 0) is 89.0 Å². The Morgan fingerprint density at radius 2 is 1.00 bits per heavy atom. The quantitative estimate of drug-likeness (QED) is 0.173. The van der Waals surface area contributed by atoms with Crippen LogP contribution in [0.1, 0.15) is 0 Å². The van der Waals surface area contributed by atoms with E-state index in [9.17, 15) is 0 Å². The summed E-state index contributed by atoms with van der Waals surface area (Å²) in [4.78, 5) is 7.07. The third-order valence-corrected chi connectivity index (χ3v) is 10.3. The van der Waals surface area contributed by atoms with Gasteiger partial charge in [-0.2, -0.15) is 0 Å². The van der Waals surface area contributed by atoms with Crippen molar-refractivity contribution in [1.29, 1.82) is 0 Å². The summed E-state index contributed by atoms with van der Waals surface area (Å²) < 4.78 is 19.0. The van der Waals surface area contributed by atoms with Gasteiger partial charge in [-0.1, -0.05) is 103 Å². The van der Waals surface area contributed by atoms with Gasteiger partial charge >= 0.3 is 0 Å². The summed E-state index contributed by atoms with van der Waals surface area (Å²) in [5, 5.41) is 4.25. The smallest absolute Gasteiger partial charge is 0.227 e. The number of rotatable bonds is 6. The molecule has 11 rings (SSSR count). The maximum atomic E-state index is 6.42. The number of fused-ring (bicyclic) bond motifs is 7. The first kappa shape index (κ1) is 30.3. The van der Waals surface area contributed by atoms with Crippen LogP contribution in [-0.4, -0.2) is 4.98 Å². The van der Waals surface area contributed by atoms with Crippen LogP contribution in [0.15, 0.2) is 195 Å². The minimum absolute atomic E-state index is 0.594. The zero-order chi connectivity index (χ0) is 35.6. The monoisotopic (exact) mass is 694 g/mol. The molecule has 11 aromatic rings. The van der Waals surface area contributed by atoms with Crippen LogP contribution in [0.2, 0.25) is 0 Å². The molecule has 0 spiro atoms. The molecule has 0 radical (unpaired) electrons. The average molecular weight is 695 g/mol. The highest BCUT2D eigenvalue weighted by Gasteiger charge is 2.19. The molecule has 0 unspecified atom stereocenters. The van der Waals surface area contributed by atoms with Crippen LogP contribution >= 0.6 is 0 Å². The lowest BCUT2D eigenvalue weighted by molar-refractivity contribution is 0.620. The van der Waals surface area contributed by atoms with E-state index in [4.69, 9.17) is 18.2 Å². The number of nitrogens with zero attached hydrogens (tertiary/aromatic N) is 2. The van der Waals surface area contributed by atoms with E-state index >= 15 is 0 Å². The molecule has 0 amide bonds. The van der Waals surface area contributed by atoms with E-state index in [0.29, 0.717) is 5.89 Å². The van der Waals surface area contributed by atoms with E-state index in [1.165, 1.54) is 5.56 Å². The van der Waals surface area contributed by atoms with E-state index in [1.807, 2.05) is 66.7 Å². The molecule has 0 aliphatic carbocycles. The topological polar surface area (TPSA) is 55.6 Å². The normalized spacial score (nSPS) is 11.7. The van der Waals surface area contributed by atoms with Gasteiger partial charge in [-0.15, -0.1) is 0 Å². The minimum atomic E-state index is 0.594. The highest BCUT2D eigenvalue weighted by Crippen LogP contribution is 2.42. The molecule has 254 valence electrons. The summed E-state index contributed by atoms with van der Waals surface area (Å²) in [6, 6.07) is 62.9. The Hall–Kier alpha value is -7.37. The molecule has 5 nitrogen and oxygen atoms in total. The van der Waals surface area contributed by atoms with Gasteiger partial charge in [0, 0.05) is 56.3 Å². The van der Waals surface area contributed by atoms with Crippen LogP contribution in [0, 0.1) is 0 Å². The molecule has 0 saturated heterocycles. The van der Waals surface area contributed by atoms with Crippen molar-refractivity contribution in [3.8, 4) is 33.7 Å². The fourth-order valence-electron chi connectivity index (χ4n) is 7.74. The Kier molecular flexibility index (Phi) is 6.79. The summed E-state index contributed by atoms with van der Waals surface area (Å²) in [5.74, 6) is 0.594. The Morgan fingerprint density at radius 3 is 1.85 bits per heavy atom. The SMILES string of the molecule is c1ccc(-c2cccc(N(c3ccc(-c4cccc5oc6cc7nc(-c8ccccc8)oc7cc6c45)cc3)c3ccc4c(c3)oc3ccccc34)c2)cc1. The molecular weight excluding hydrogens is 665 g/mol.